The third-order valence-electron chi connectivity index (χ3n) is 4.09. The first kappa shape index (κ1) is 15.1. The maximum absolute atomic E-state index is 12.7. The summed E-state index contributed by atoms with van der Waals surface area (Å²) >= 11 is 0. The highest BCUT2D eigenvalue weighted by Gasteiger charge is 2.34. The first-order valence-corrected chi connectivity index (χ1v) is 7.35. The number of esters is 1. The van der Waals surface area contributed by atoms with Crippen molar-refractivity contribution in [2.24, 2.45) is 0 Å². The second-order valence-electron chi connectivity index (χ2n) is 5.48. The van der Waals surface area contributed by atoms with Crippen molar-refractivity contribution in [3.8, 4) is 5.75 Å². The summed E-state index contributed by atoms with van der Waals surface area (Å²) in [6.45, 7) is 0.456. The van der Waals surface area contributed by atoms with Crippen molar-refractivity contribution in [1.82, 2.24) is 4.90 Å². The molecule has 0 spiro atoms. The van der Waals surface area contributed by atoms with Crippen molar-refractivity contribution in [1.29, 1.82) is 0 Å². The number of ether oxygens (including phenoxy) is 1. The summed E-state index contributed by atoms with van der Waals surface area (Å²) in [6, 6.07) is 13.5. The third kappa shape index (κ3) is 2.90. The van der Waals surface area contributed by atoms with Gasteiger partial charge in [-0.2, -0.15) is 0 Å². The molecule has 5 heteroatoms. The maximum Gasteiger partial charge on any atom is 0.307 e. The van der Waals surface area contributed by atoms with E-state index < -0.39 is 6.04 Å². The first-order chi connectivity index (χ1) is 11.1. The van der Waals surface area contributed by atoms with Gasteiger partial charge in [-0.25, -0.2) is 0 Å². The molecule has 1 heterocycles. The van der Waals surface area contributed by atoms with Crippen molar-refractivity contribution in [3.63, 3.8) is 0 Å². The molecular weight excluding hydrogens is 294 g/mol. The molecule has 0 saturated carbocycles. The Labute approximate surface area is 134 Å². The molecular formula is C18H17NO4. The van der Waals surface area contributed by atoms with Crippen LogP contribution in [0, 0.1) is 0 Å². The van der Waals surface area contributed by atoms with Crippen molar-refractivity contribution in [2.75, 3.05) is 7.11 Å². The average Bonchev–Trinajstić information content (AvgIpc) is 2.90. The van der Waals surface area contributed by atoms with E-state index in [1.54, 1.807) is 35.2 Å². The Hall–Kier alpha value is -2.82. The maximum atomic E-state index is 12.7. The van der Waals surface area contributed by atoms with Gasteiger partial charge in [0.1, 0.15) is 5.75 Å². The summed E-state index contributed by atoms with van der Waals surface area (Å²) in [4.78, 5) is 26.1. The number of carbonyl (C=O) groups excluding carboxylic acids is 2. The van der Waals surface area contributed by atoms with Gasteiger partial charge < -0.3 is 14.7 Å². The zero-order valence-corrected chi connectivity index (χ0v) is 12.7. The molecule has 1 N–H and O–H groups in total. The number of hydrogen-bond donors (Lipinski definition) is 1. The minimum Gasteiger partial charge on any atom is -0.508 e. The standard InChI is InChI=1S/C18H17NO4/c1-23-17(21)10-16(12-6-8-14(20)9-7-12)19-11-13-4-2-3-5-15(13)18(19)22/h2-9,16,20H,10-11H2,1H3. The summed E-state index contributed by atoms with van der Waals surface area (Å²) in [6.07, 6.45) is 0.0704. The third-order valence-corrected chi connectivity index (χ3v) is 4.09. The van der Waals surface area contributed by atoms with Crippen LogP contribution in [0.15, 0.2) is 48.5 Å². The minimum absolute atomic E-state index is 0.0704. The number of rotatable bonds is 4. The minimum atomic E-state index is -0.428. The normalized spacial score (nSPS) is 14.5. The zero-order chi connectivity index (χ0) is 16.4. The smallest absolute Gasteiger partial charge is 0.307 e. The fourth-order valence-electron chi connectivity index (χ4n) is 2.87. The van der Waals surface area contributed by atoms with Gasteiger partial charge in [-0.15, -0.1) is 0 Å². The van der Waals surface area contributed by atoms with Crippen LogP contribution in [0.25, 0.3) is 0 Å². The van der Waals surface area contributed by atoms with Gasteiger partial charge in [0.25, 0.3) is 5.91 Å². The highest BCUT2D eigenvalue weighted by molar-refractivity contribution is 5.98. The number of phenols is 1. The van der Waals surface area contributed by atoms with Crippen LogP contribution < -0.4 is 0 Å². The van der Waals surface area contributed by atoms with Crippen molar-refractivity contribution in [2.45, 2.75) is 19.0 Å². The van der Waals surface area contributed by atoms with Gasteiger partial charge in [-0.3, -0.25) is 9.59 Å². The fourth-order valence-corrected chi connectivity index (χ4v) is 2.87. The molecule has 2 aromatic rings. The van der Waals surface area contributed by atoms with Crippen LogP contribution >= 0.6 is 0 Å². The SMILES string of the molecule is COC(=O)CC(c1ccc(O)cc1)N1Cc2ccccc2C1=O. The lowest BCUT2D eigenvalue weighted by Crippen LogP contribution is -2.31. The van der Waals surface area contributed by atoms with Crippen LogP contribution in [0.5, 0.6) is 5.75 Å². The molecule has 0 aromatic heterocycles. The van der Waals surface area contributed by atoms with Crippen LogP contribution in [-0.2, 0) is 16.1 Å². The van der Waals surface area contributed by atoms with Gasteiger partial charge >= 0.3 is 5.97 Å². The summed E-state index contributed by atoms with van der Waals surface area (Å²) in [5, 5.41) is 9.45. The average molecular weight is 311 g/mol. The van der Waals surface area contributed by atoms with E-state index >= 15 is 0 Å². The van der Waals surface area contributed by atoms with Gasteiger partial charge in [0.05, 0.1) is 19.6 Å². The van der Waals surface area contributed by atoms with Gasteiger partial charge in [0, 0.05) is 12.1 Å². The van der Waals surface area contributed by atoms with E-state index in [-0.39, 0.29) is 24.0 Å². The molecule has 118 valence electrons. The van der Waals surface area contributed by atoms with Crippen molar-refractivity contribution >= 4 is 11.9 Å². The van der Waals surface area contributed by atoms with Gasteiger partial charge in [-0.1, -0.05) is 30.3 Å². The van der Waals surface area contributed by atoms with Gasteiger partial charge in [0.2, 0.25) is 0 Å². The highest BCUT2D eigenvalue weighted by Crippen LogP contribution is 2.34. The van der Waals surface area contributed by atoms with Crippen LogP contribution in [0.4, 0.5) is 0 Å². The number of aromatic hydroxyl groups is 1. The molecule has 0 aliphatic carbocycles. The number of hydrogen-bond acceptors (Lipinski definition) is 4. The number of fused-ring (bicyclic) bond motifs is 1. The second kappa shape index (κ2) is 6.12. The monoisotopic (exact) mass is 311 g/mol. The highest BCUT2D eigenvalue weighted by atomic mass is 16.5. The van der Waals surface area contributed by atoms with E-state index in [1.165, 1.54) is 7.11 Å². The van der Waals surface area contributed by atoms with Crippen molar-refractivity contribution < 1.29 is 19.4 Å². The van der Waals surface area contributed by atoms with E-state index in [9.17, 15) is 14.7 Å². The molecule has 1 unspecified atom stereocenters. The Balaban J connectivity index is 1.95. The first-order valence-electron chi connectivity index (χ1n) is 7.35. The lowest BCUT2D eigenvalue weighted by molar-refractivity contribution is -0.141. The Kier molecular flexibility index (Phi) is 4.02. The van der Waals surface area contributed by atoms with E-state index in [0.29, 0.717) is 12.1 Å². The molecule has 23 heavy (non-hydrogen) atoms. The molecule has 0 bridgehead atoms. The summed E-state index contributed by atoms with van der Waals surface area (Å²) in [5.41, 5.74) is 2.40. The molecule has 1 amide bonds. The van der Waals surface area contributed by atoms with E-state index in [1.807, 2.05) is 18.2 Å². The lowest BCUT2D eigenvalue weighted by atomic mass is 10.0. The van der Waals surface area contributed by atoms with Crippen molar-refractivity contribution in [3.05, 3.63) is 65.2 Å². The Bertz CT molecular complexity index is 739. The van der Waals surface area contributed by atoms with Crippen LogP contribution in [0.3, 0.4) is 0 Å². The molecule has 0 radical (unpaired) electrons. The van der Waals surface area contributed by atoms with Crippen LogP contribution in [0.1, 0.15) is 33.9 Å². The van der Waals surface area contributed by atoms with Crippen LogP contribution in [-0.4, -0.2) is 29.0 Å². The number of amides is 1. The zero-order valence-electron chi connectivity index (χ0n) is 12.7. The molecule has 1 atom stereocenters. The molecule has 2 aromatic carbocycles. The lowest BCUT2D eigenvalue weighted by Gasteiger charge is -2.27. The predicted molar refractivity (Wildman–Crippen MR) is 83.8 cm³/mol. The topological polar surface area (TPSA) is 66.8 Å². The molecule has 5 nitrogen and oxygen atoms in total. The van der Waals surface area contributed by atoms with Crippen LogP contribution in [0.2, 0.25) is 0 Å². The molecule has 3 rings (SSSR count). The summed E-state index contributed by atoms with van der Waals surface area (Å²) in [7, 11) is 1.33. The Morgan fingerprint density at radius 2 is 1.91 bits per heavy atom. The largest absolute Gasteiger partial charge is 0.508 e. The summed E-state index contributed by atoms with van der Waals surface area (Å²) in [5.74, 6) is -0.337. The second-order valence-corrected chi connectivity index (χ2v) is 5.48. The molecule has 1 aliphatic rings. The van der Waals surface area contributed by atoms with Gasteiger partial charge in [-0.05, 0) is 29.3 Å². The number of methoxy groups -OCH3 is 1. The Morgan fingerprint density at radius 3 is 2.57 bits per heavy atom. The fraction of sp³-hybridized carbons (Fsp3) is 0.222. The van der Waals surface area contributed by atoms with E-state index in [0.717, 1.165) is 11.1 Å². The number of phenolic OH excluding ortho intramolecular Hbond substituents is 1. The number of benzene rings is 2. The van der Waals surface area contributed by atoms with E-state index in [4.69, 9.17) is 4.74 Å². The predicted octanol–water partition coefficient (Wildman–Crippen LogP) is 2.65. The Morgan fingerprint density at radius 1 is 1.22 bits per heavy atom. The number of carbonyl (C=O) groups is 2. The van der Waals surface area contributed by atoms with Gasteiger partial charge in [0.15, 0.2) is 0 Å². The van der Waals surface area contributed by atoms with E-state index in [2.05, 4.69) is 0 Å². The summed E-state index contributed by atoms with van der Waals surface area (Å²) < 4.78 is 4.77. The molecule has 0 fully saturated rings. The molecule has 1 aliphatic heterocycles. The molecule has 0 saturated heterocycles. The number of nitrogens with zero attached hydrogens (tertiary/aromatic N) is 1. The quantitative estimate of drug-likeness (QED) is 0.882.